The van der Waals surface area contributed by atoms with Crippen LogP contribution in [0.4, 0.5) is 0 Å². The summed E-state index contributed by atoms with van der Waals surface area (Å²) in [7, 11) is -4.72. The van der Waals surface area contributed by atoms with Gasteiger partial charge in [-0.25, -0.2) is 0 Å². The molecule has 0 aromatic heterocycles. The molecule has 0 heterocycles. The van der Waals surface area contributed by atoms with Crippen LogP contribution in [-0.2, 0) is 29.2 Å². The summed E-state index contributed by atoms with van der Waals surface area (Å²) in [6, 6.07) is 0. The van der Waals surface area contributed by atoms with Crippen molar-refractivity contribution in [1.82, 2.24) is 0 Å². The molecule has 0 aliphatic carbocycles. The number of hydrogen-bond donors (Lipinski definition) is 1. The van der Waals surface area contributed by atoms with E-state index in [2.05, 4.69) is 4.74 Å². The van der Waals surface area contributed by atoms with Gasteiger partial charge in [0, 0.05) is 0 Å². The van der Waals surface area contributed by atoms with Gasteiger partial charge in [-0.15, -0.1) is 0 Å². The average Bonchev–Trinajstić information content (AvgIpc) is 2.09. The van der Waals surface area contributed by atoms with Crippen molar-refractivity contribution in [1.29, 1.82) is 0 Å². The molecule has 1 N–H and O–H groups in total. The quantitative estimate of drug-likeness (QED) is 0.559. The predicted octanol–water partition coefficient (Wildman–Crippen LogP) is 0.536. The zero-order valence-electron chi connectivity index (χ0n) is 10.7. The van der Waals surface area contributed by atoms with Crippen LogP contribution in [0.15, 0.2) is 0 Å². The standard InChI is InChI=1S/C10H18O7S/c1-6(2)16-9(11)5-8(18(13,14)15)10(12)17-7(3)4/h6-8H,5H2,1-4H3,(H,13,14,15). The van der Waals surface area contributed by atoms with E-state index in [1.54, 1.807) is 13.8 Å². The highest BCUT2D eigenvalue weighted by molar-refractivity contribution is 7.87. The molecule has 7 nitrogen and oxygen atoms in total. The second-order valence-electron chi connectivity index (χ2n) is 4.23. The SMILES string of the molecule is CC(C)OC(=O)CC(C(=O)OC(C)C)S(=O)(=O)O. The van der Waals surface area contributed by atoms with E-state index in [4.69, 9.17) is 9.29 Å². The molecule has 0 saturated heterocycles. The van der Waals surface area contributed by atoms with Crippen molar-refractivity contribution >= 4 is 22.1 Å². The molecular formula is C10H18O7S. The van der Waals surface area contributed by atoms with Gasteiger partial charge in [-0.3, -0.25) is 14.1 Å². The normalized spacial score (nSPS) is 13.5. The lowest BCUT2D eigenvalue weighted by atomic mass is 10.3. The lowest BCUT2D eigenvalue weighted by Crippen LogP contribution is -2.36. The Kier molecular flexibility index (Phi) is 6.27. The Morgan fingerprint density at radius 3 is 1.83 bits per heavy atom. The zero-order valence-corrected chi connectivity index (χ0v) is 11.6. The topological polar surface area (TPSA) is 107 Å². The molecule has 0 aliphatic rings. The number of esters is 2. The second kappa shape index (κ2) is 6.69. The van der Waals surface area contributed by atoms with E-state index in [0.29, 0.717) is 0 Å². The molecule has 18 heavy (non-hydrogen) atoms. The Morgan fingerprint density at radius 1 is 1.06 bits per heavy atom. The summed E-state index contributed by atoms with van der Waals surface area (Å²) in [5.41, 5.74) is 0. The van der Waals surface area contributed by atoms with E-state index in [-0.39, 0.29) is 0 Å². The molecule has 0 radical (unpaired) electrons. The molecule has 0 fully saturated rings. The molecule has 0 aliphatic heterocycles. The van der Waals surface area contributed by atoms with Crippen molar-refractivity contribution in [2.75, 3.05) is 0 Å². The van der Waals surface area contributed by atoms with Gasteiger partial charge in [0.15, 0.2) is 5.25 Å². The highest BCUT2D eigenvalue weighted by Crippen LogP contribution is 2.10. The molecule has 106 valence electrons. The van der Waals surface area contributed by atoms with E-state index in [0.717, 1.165) is 0 Å². The summed E-state index contributed by atoms with van der Waals surface area (Å²) in [5.74, 6) is -2.07. The monoisotopic (exact) mass is 282 g/mol. The van der Waals surface area contributed by atoms with Crippen molar-refractivity contribution in [3.63, 3.8) is 0 Å². The van der Waals surface area contributed by atoms with Crippen LogP contribution in [0.3, 0.4) is 0 Å². The molecule has 0 saturated carbocycles. The second-order valence-corrected chi connectivity index (χ2v) is 5.83. The highest BCUT2D eigenvalue weighted by Gasteiger charge is 2.36. The van der Waals surface area contributed by atoms with Crippen molar-refractivity contribution in [3.05, 3.63) is 0 Å². The van der Waals surface area contributed by atoms with E-state index in [1.165, 1.54) is 13.8 Å². The molecule has 0 spiro atoms. The number of carbonyl (C=O) groups is 2. The van der Waals surface area contributed by atoms with Crippen molar-refractivity contribution in [3.8, 4) is 0 Å². The van der Waals surface area contributed by atoms with Crippen LogP contribution in [-0.4, -0.2) is 42.4 Å². The largest absolute Gasteiger partial charge is 0.463 e. The molecule has 0 aromatic rings. The lowest BCUT2D eigenvalue weighted by molar-refractivity contribution is -0.154. The Hall–Kier alpha value is -1.15. The van der Waals surface area contributed by atoms with E-state index in [1.807, 2.05) is 0 Å². The van der Waals surface area contributed by atoms with Crippen LogP contribution in [0.25, 0.3) is 0 Å². The first-order valence-corrected chi connectivity index (χ1v) is 6.90. The van der Waals surface area contributed by atoms with Gasteiger partial charge in [-0.2, -0.15) is 8.42 Å². The van der Waals surface area contributed by atoms with Gasteiger partial charge >= 0.3 is 11.9 Å². The Morgan fingerprint density at radius 2 is 1.50 bits per heavy atom. The van der Waals surface area contributed by atoms with Crippen LogP contribution in [0.5, 0.6) is 0 Å². The van der Waals surface area contributed by atoms with Crippen molar-refractivity contribution in [2.24, 2.45) is 0 Å². The Bertz CT molecular complexity index is 396. The molecule has 0 amide bonds. The number of hydrogen-bond acceptors (Lipinski definition) is 6. The van der Waals surface area contributed by atoms with Gasteiger partial charge in [-0.05, 0) is 27.7 Å². The third-order valence-corrected chi connectivity index (χ3v) is 2.77. The third-order valence-electron chi connectivity index (χ3n) is 1.69. The number of rotatable bonds is 6. The van der Waals surface area contributed by atoms with Crippen LogP contribution < -0.4 is 0 Å². The third kappa shape index (κ3) is 6.55. The van der Waals surface area contributed by atoms with Gasteiger partial charge in [0.1, 0.15) is 0 Å². The smallest absolute Gasteiger partial charge is 0.327 e. The number of ether oxygens (including phenoxy) is 2. The van der Waals surface area contributed by atoms with Gasteiger partial charge in [-0.1, -0.05) is 0 Å². The molecule has 0 aromatic carbocycles. The van der Waals surface area contributed by atoms with E-state index in [9.17, 15) is 18.0 Å². The fraction of sp³-hybridized carbons (Fsp3) is 0.800. The Labute approximate surface area is 106 Å². The van der Waals surface area contributed by atoms with Crippen molar-refractivity contribution in [2.45, 2.75) is 51.6 Å². The molecule has 1 unspecified atom stereocenters. The van der Waals surface area contributed by atoms with E-state index >= 15 is 0 Å². The number of carbonyl (C=O) groups excluding carboxylic acids is 2. The molecule has 0 bridgehead atoms. The van der Waals surface area contributed by atoms with Gasteiger partial charge in [0.05, 0.1) is 18.6 Å². The predicted molar refractivity (Wildman–Crippen MR) is 62.4 cm³/mol. The van der Waals surface area contributed by atoms with Crippen LogP contribution in [0.2, 0.25) is 0 Å². The molecule has 1 atom stereocenters. The molecular weight excluding hydrogens is 264 g/mol. The first-order chi connectivity index (χ1) is 8.04. The summed E-state index contributed by atoms with van der Waals surface area (Å²) in [6.07, 6.45) is -1.77. The zero-order chi connectivity index (χ0) is 14.5. The molecule has 0 rings (SSSR count). The lowest BCUT2D eigenvalue weighted by Gasteiger charge is -2.15. The summed E-state index contributed by atoms with van der Waals surface area (Å²) >= 11 is 0. The fourth-order valence-corrected chi connectivity index (χ4v) is 1.73. The van der Waals surface area contributed by atoms with Crippen LogP contribution >= 0.6 is 0 Å². The van der Waals surface area contributed by atoms with Crippen molar-refractivity contribution < 1.29 is 32.0 Å². The van der Waals surface area contributed by atoms with Gasteiger partial charge < -0.3 is 9.47 Å². The van der Waals surface area contributed by atoms with Gasteiger partial charge in [0.25, 0.3) is 10.1 Å². The highest BCUT2D eigenvalue weighted by atomic mass is 32.2. The summed E-state index contributed by atoms with van der Waals surface area (Å²) < 4.78 is 40.3. The maximum Gasteiger partial charge on any atom is 0.327 e. The maximum absolute atomic E-state index is 11.5. The van der Waals surface area contributed by atoms with E-state index < -0.39 is 45.9 Å². The average molecular weight is 282 g/mol. The minimum Gasteiger partial charge on any atom is -0.463 e. The van der Waals surface area contributed by atoms with Crippen LogP contribution in [0.1, 0.15) is 34.1 Å². The minimum atomic E-state index is -4.72. The summed E-state index contributed by atoms with van der Waals surface area (Å²) in [4.78, 5) is 22.7. The fourth-order valence-electron chi connectivity index (χ4n) is 1.08. The summed E-state index contributed by atoms with van der Waals surface area (Å²) in [6.45, 7) is 6.19. The van der Waals surface area contributed by atoms with Crippen LogP contribution in [0, 0.1) is 0 Å². The summed E-state index contributed by atoms with van der Waals surface area (Å²) in [5, 5.41) is -1.95. The Balaban J connectivity index is 4.82. The first-order valence-electron chi connectivity index (χ1n) is 5.40. The minimum absolute atomic E-state index is 0.444. The molecule has 8 heteroatoms. The maximum atomic E-state index is 11.5. The first kappa shape index (κ1) is 16.9. The van der Waals surface area contributed by atoms with Gasteiger partial charge in [0.2, 0.25) is 0 Å².